The number of anilines is 1. The van der Waals surface area contributed by atoms with Crippen LogP contribution in [0.2, 0.25) is 0 Å². The molecule has 0 bridgehead atoms. The molecule has 1 N–H and O–H groups in total. The van der Waals surface area contributed by atoms with Crippen LogP contribution in [0.1, 0.15) is 31.4 Å². The molecule has 0 heterocycles. The van der Waals surface area contributed by atoms with E-state index in [1.54, 1.807) is 7.11 Å². The minimum Gasteiger partial charge on any atom is -0.497 e. The molecule has 0 aliphatic carbocycles. The third-order valence-electron chi connectivity index (χ3n) is 4.34. The van der Waals surface area contributed by atoms with E-state index < -0.39 is 0 Å². The van der Waals surface area contributed by atoms with Gasteiger partial charge in [0.2, 0.25) is 0 Å². The molecule has 1 aromatic carbocycles. The zero-order valence-electron chi connectivity index (χ0n) is 14.4. The molecule has 0 fully saturated rings. The molecule has 1 amide bonds. The van der Waals surface area contributed by atoms with E-state index in [0.717, 1.165) is 35.5 Å². The lowest BCUT2D eigenvalue weighted by molar-refractivity contribution is -0.904. The summed E-state index contributed by atoms with van der Waals surface area (Å²) in [4.78, 5) is 12.7. The molecule has 0 aliphatic rings. The Morgan fingerprint density at radius 3 is 2.14 bits per heavy atom. The standard InChI is InChI=1S/C17H28N2O2/c1-8-15(19(5,6)9-2)17(20)18-16-12(3)10-14(21-7)11-13(16)4/h10-11,15H,8-9H2,1-7H3/p+1. The number of benzene rings is 1. The van der Waals surface area contributed by atoms with E-state index in [9.17, 15) is 4.79 Å². The number of hydrogen-bond acceptors (Lipinski definition) is 2. The number of hydrogen-bond donors (Lipinski definition) is 1. The van der Waals surface area contributed by atoms with E-state index in [1.807, 2.05) is 26.0 Å². The Hall–Kier alpha value is -1.55. The van der Waals surface area contributed by atoms with Gasteiger partial charge in [0.25, 0.3) is 5.91 Å². The number of methoxy groups -OCH3 is 1. The number of nitrogens with zero attached hydrogens (tertiary/aromatic N) is 1. The van der Waals surface area contributed by atoms with Crippen molar-refractivity contribution in [3.05, 3.63) is 23.3 Å². The van der Waals surface area contributed by atoms with Crippen LogP contribution in [0.15, 0.2) is 12.1 Å². The van der Waals surface area contributed by atoms with Crippen LogP contribution >= 0.6 is 0 Å². The summed E-state index contributed by atoms with van der Waals surface area (Å²) in [6, 6.07) is 3.85. The SMILES string of the molecule is CCC(C(=O)Nc1c(C)cc(OC)cc1C)[N+](C)(C)CC. The Kier molecular flexibility index (Phi) is 5.78. The van der Waals surface area contributed by atoms with Gasteiger partial charge in [-0.1, -0.05) is 6.92 Å². The van der Waals surface area contributed by atoms with Gasteiger partial charge >= 0.3 is 0 Å². The van der Waals surface area contributed by atoms with Crippen molar-refractivity contribution in [1.29, 1.82) is 0 Å². The minimum absolute atomic E-state index is 0.0455. The maximum atomic E-state index is 12.7. The van der Waals surface area contributed by atoms with Gasteiger partial charge in [0, 0.05) is 12.1 Å². The highest BCUT2D eigenvalue weighted by molar-refractivity contribution is 5.95. The molecule has 0 saturated heterocycles. The summed E-state index contributed by atoms with van der Waals surface area (Å²) in [7, 11) is 5.85. The van der Waals surface area contributed by atoms with E-state index in [2.05, 4.69) is 33.3 Å². The van der Waals surface area contributed by atoms with Crippen molar-refractivity contribution in [1.82, 2.24) is 0 Å². The summed E-state index contributed by atoms with van der Waals surface area (Å²) >= 11 is 0. The maximum Gasteiger partial charge on any atom is 0.282 e. The highest BCUT2D eigenvalue weighted by Gasteiger charge is 2.32. The number of likely N-dealkylation sites (N-methyl/N-ethyl adjacent to an activating group) is 1. The van der Waals surface area contributed by atoms with Crippen LogP contribution in [-0.4, -0.2) is 44.2 Å². The lowest BCUT2D eigenvalue weighted by Gasteiger charge is -2.35. The van der Waals surface area contributed by atoms with E-state index in [-0.39, 0.29) is 11.9 Å². The van der Waals surface area contributed by atoms with Crippen molar-refractivity contribution < 1.29 is 14.0 Å². The fraction of sp³-hybridized carbons (Fsp3) is 0.588. The molecule has 1 atom stereocenters. The first-order chi connectivity index (χ1) is 9.76. The summed E-state index contributed by atoms with van der Waals surface area (Å²) in [6.45, 7) is 9.08. The van der Waals surface area contributed by atoms with Crippen LogP contribution < -0.4 is 10.1 Å². The highest BCUT2D eigenvalue weighted by atomic mass is 16.5. The van der Waals surface area contributed by atoms with Crippen LogP contribution in [0.25, 0.3) is 0 Å². The smallest absolute Gasteiger partial charge is 0.282 e. The number of quaternary nitrogens is 1. The fourth-order valence-electron chi connectivity index (χ4n) is 2.66. The summed E-state index contributed by atoms with van der Waals surface area (Å²) in [5.41, 5.74) is 2.95. The maximum absolute atomic E-state index is 12.7. The fourth-order valence-corrected chi connectivity index (χ4v) is 2.66. The van der Waals surface area contributed by atoms with Gasteiger partial charge in [-0.3, -0.25) is 4.79 Å². The lowest BCUT2D eigenvalue weighted by Crippen LogP contribution is -2.54. The van der Waals surface area contributed by atoms with Crippen LogP contribution in [0.3, 0.4) is 0 Å². The van der Waals surface area contributed by atoms with Gasteiger partial charge in [-0.15, -0.1) is 0 Å². The first-order valence-corrected chi connectivity index (χ1v) is 7.55. The van der Waals surface area contributed by atoms with Gasteiger partial charge in [-0.2, -0.15) is 0 Å². The summed E-state index contributed by atoms with van der Waals surface area (Å²) in [6.07, 6.45) is 0.820. The average Bonchev–Trinajstić information content (AvgIpc) is 2.43. The molecule has 0 radical (unpaired) electrons. The summed E-state index contributed by atoms with van der Waals surface area (Å²) in [5.74, 6) is 0.903. The number of rotatable bonds is 6. The highest BCUT2D eigenvalue weighted by Crippen LogP contribution is 2.27. The predicted octanol–water partition coefficient (Wildman–Crippen LogP) is 3.13. The molecule has 118 valence electrons. The Labute approximate surface area is 128 Å². The van der Waals surface area contributed by atoms with E-state index in [4.69, 9.17) is 4.74 Å². The number of amides is 1. The molecule has 1 aromatic rings. The number of ether oxygens (including phenoxy) is 1. The summed E-state index contributed by atoms with van der Waals surface area (Å²) < 4.78 is 5.95. The Balaban J connectivity index is 3.03. The molecule has 1 unspecified atom stereocenters. The summed E-state index contributed by atoms with van der Waals surface area (Å²) in [5, 5.41) is 3.11. The average molecular weight is 293 g/mol. The van der Waals surface area contributed by atoms with Gasteiger partial charge in [0.15, 0.2) is 6.04 Å². The molecule has 1 rings (SSSR count). The predicted molar refractivity (Wildman–Crippen MR) is 87.8 cm³/mol. The topological polar surface area (TPSA) is 38.3 Å². The van der Waals surface area contributed by atoms with Crippen LogP contribution in [0, 0.1) is 13.8 Å². The third kappa shape index (κ3) is 3.97. The van der Waals surface area contributed by atoms with E-state index >= 15 is 0 Å². The molecule has 4 nitrogen and oxygen atoms in total. The van der Waals surface area contributed by atoms with Crippen LogP contribution in [0.5, 0.6) is 5.75 Å². The molecule has 0 aromatic heterocycles. The Bertz CT molecular complexity index is 487. The first kappa shape index (κ1) is 17.5. The van der Waals surface area contributed by atoms with Crippen LogP contribution in [0.4, 0.5) is 5.69 Å². The van der Waals surface area contributed by atoms with Crippen molar-refractivity contribution in [2.45, 2.75) is 40.2 Å². The second kappa shape index (κ2) is 6.94. The zero-order chi connectivity index (χ0) is 16.2. The lowest BCUT2D eigenvalue weighted by atomic mass is 10.1. The molecule has 0 saturated carbocycles. The quantitative estimate of drug-likeness (QED) is 0.818. The number of aryl methyl sites for hydroxylation is 2. The van der Waals surface area contributed by atoms with E-state index in [1.165, 1.54) is 0 Å². The monoisotopic (exact) mass is 293 g/mol. The van der Waals surface area contributed by atoms with Gasteiger partial charge in [-0.05, 0) is 44.0 Å². The van der Waals surface area contributed by atoms with Crippen molar-refractivity contribution in [2.75, 3.05) is 33.1 Å². The molecule has 0 spiro atoms. The van der Waals surface area contributed by atoms with Crippen molar-refractivity contribution in [2.24, 2.45) is 0 Å². The second-order valence-electron chi connectivity index (χ2n) is 6.14. The van der Waals surface area contributed by atoms with Crippen molar-refractivity contribution >= 4 is 11.6 Å². The van der Waals surface area contributed by atoms with Crippen molar-refractivity contribution in [3.8, 4) is 5.75 Å². The van der Waals surface area contributed by atoms with Gasteiger partial charge < -0.3 is 14.5 Å². The van der Waals surface area contributed by atoms with Gasteiger partial charge in [0.1, 0.15) is 5.75 Å². The number of carbonyl (C=O) groups is 1. The van der Waals surface area contributed by atoms with Gasteiger partial charge in [0.05, 0.1) is 27.7 Å². The Morgan fingerprint density at radius 2 is 1.76 bits per heavy atom. The molecular formula is C17H29N2O2+. The van der Waals surface area contributed by atoms with Crippen molar-refractivity contribution in [3.63, 3.8) is 0 Å². The second-order valence-corrected chi connectivity index (χ2v) is 6.14. The van der Waals surface area contributed by atoms with Crippen LogP contribution in [-0.2, 0) is 4.79 Å². The zero-order valence-corrected chi connectivity index (χ0v) is 14.4. The van der Waals surface area contributed by atoms with Gasteiger partial charge in [-0.25, -0.2) is 0 Å². The van der Waals surface area contributed by atoms with E-state index in [0.29, 0.717) is 4.48 Å². The first-order valence-electron chi connectivity index (χ1n) is 7.55. The number of carbonyl (C=O) groups excluding carboxylic acids is 1. The molecular weight excluding hydrogens is 264 g/mol. The normalized spacial score (nSPS) is 12.9. The molecule has 21 heavy (non-hydrogen) atoms. The Morgan fingerprint density at radius 1 is 1.24 bits per heavy atom. The third-order valence-corrected chi connectivity index (χ3v) is 4.34. The minimum atomic E-state index is -0.0455. The number of nitrogens with one attached hydrogen (secondary N) is 1. The molecule has 0 aliphatic heterocycles. The molecule has 4 heteroatoms. The largest absolute Gasteiger partial charge is 0.497 e.